The van der Waals surface area contributed by atoms with Crippen molar-refractivity contribution in [2.24, 2.45) is 5.92 Å². The van der Waals surface area contributed by atoms with Gasteiger partial charge < -0.3 is 15.4 Å². The lowest BCUT2D eigenvalue weighted by atomic mass is 10.1. The largest absolute Gasteiger partial charge is 0.494 e. The SMILES string of the molecule is CCOc1ccc(NC(=O)c2ccc(NC(=O)CCC(C)C)cc2)cc1. The molecule has 0 aromatic heterocycles. The summed E-state index contributed by atoms with van der Waals surface area (Å²) < 4.78 is 5.38. The Morgan fingerprint density at radius 2 is 1.50 bits per heavy atom. The molecule has 0 aliphatic heterocycles. The minimum atomic E-state index is -0.202. The third-order valence-corrected chi connectivity index (χ3v) is 3.80. The summed E-state index contributed by atoms with van der Waals surface area (Å²) >= 11 is 0. The summed E-state index contributed by atoms with van der Waals surface area (Å²) in [5.74, 6) is 1.05. The molecule has 2 aromatic rings. The summed E-state index contributed by atoms with van der Waals surface area (Å²) in [6, 6.07) is 14.1. The number of carbonyl (C=O) groups is 2. The van der Waals surface area contributed by atoms with E-state index in [0.717, 1.165) is 12.2 Å². The van der Waals surface area contributed by atoms with Crippen molar-refractivity contribution >= 4 is 23.2 Å². The average Bonchev–Trinajstić information content (AvgIpc) is 2.62. The van der Waals surface area contributed by atoms with Crippen LogP contribution in [0.15, 0.2) is 48.5 Å². The molecule has 0 fully saturated rings. The molecule has 5 heteroatoms. The van der Waals surface area contributed by atoms with Crippen LogP contribution in [-0.2, 0) is 4.79 Å². The maximum atomic E-state index is 12.3. The first-order valence-corrected chi connectivity index (χ1v) is 8.92. The molecule has 2 amide bonds. The predicted octanol–water partition coefficient (Wildman–Crippen LogP) is 4.71. The first kappa shape index (κ1) is 19.5. The topological polar surface area (TPSA) is 67.4 Å². The predicted molar refractivity (Wildman–Crippen MR) is 105 cm³/mol. The second-order valence-electron chi connectivity index (χ2n) is 6.47. The van der Waals surface area contributed by atoms with E-state index in [-0.39, 0.29) is 11.8 Å². The minimum absolute atomic E-state index is 0.00899. The smallest absolute Gasteiger partial charge is 0.255 e. The van der Waals surface area contributed by atoms with Gasteiger partial charge in [-0.25, -0.2) is 0 Å². The molecular formula is C21H26N2O3. The van der Waals surface area contributed by atoms with Gasteiger partial charge in [-0.1, -0.05) is 13.8 Å². The third kappa shape index (κ3) is 6.24. The Bertz CT molecular complexity index is 722. The number of carbonyl (C=O) groups excluding carboxylic acids is 2. The zero-order chi connectivity index (χ0) is 18.9. The summed E-state index contributed by atoms with van der Waals surface area (Å²) in [5.41, 5.74) is 1.92. The maximum Gasteiger partial charge on any atom is 0.255 e. The van der Waals surface area contributed by atoms with E-state index >= 15 is 0 Å². The van der Waals surface area contributed by atoms with Gasteiger partial charge in [0.25, 0.3) is 5.91 Å². The Morgan fingerprint density at radius 1 is 0.923 bits per heavy atom. The van der Waals surface area contributed by atoms with Crippen molar-refractivity contribution < 1.29 is 14.3 Å². The van der Waals surface area contributed by atoms with Gasteiger partial charge in [-0.15, -0.1) is 0 Å². The van der Waals surface area contributed by atoms with Crippen LogP contribution in [-0.4, -0.2) is 18.4 Å². The van der Waals surface area contributed by atoms with Crippen LogP contribution in [0.5, 0.6) is 5.75 Å². The molecule has 2 N–H and O–H groups in total. The zero-order valence-electron chi connectivity index (χ0n) is 15.5. The first-order chi connectivity index (χ1) is 12.5. The lowest BCUT2D eigenvalue weighted by Crippen LogP contribution is -2.14. The van der Waals surface area contributed by atoms with Crippen LogP contribution in [0.4, 0.5) is 11.4 Å². The van der Waals surface area contributed by atoms with Gasteiger partial charge in [-0.05, 0) is 67.8 Å². The van der Waals surface area contributed by atoms with Crippen molar-refractivity contribution in [3.63, 3.8) is 0 Å². The van der Waals surface area contributed by atoms with Gasteiger partial charge in [0, 0.05) is 23.4 Å². The Morgan fingerprint density at radius 3 is 2.08 bits per heavy atom. The van der Waals surface area contributed by atoms with Gasteiger partial charge >= 0.3 is 0 Å². The monoisotopic (exact) mass is 354 g/mol. The number of amides is 2. The molecule has 0 aliphatic rings. The highest BCUT2D eigenvalue weighted by Crippen LogP contribution is 2.17. The van der Waals surface area contributed by atoms with Crippen LogP contribution in [0.3, 0.4) is 0 Å². The third-order valence-electron chi connectivity index (χ3n) is 3.80. The Labute approximate surface area is 154 Å². The molecule has 5 nitrogen and oxygen atoms in total. The van der Waals surface area contributed by atoms with E-state index in [1.54, 1.807) is 36.4 Å². The van der Waals surface area contributed by atoms with Gasteiger partial charge in [-0.3, -0.25) is 9.59 Å². The van der Waals surface area contributed by atoms with Crippen molar-refractivity contribution in [3.05, 3.63) is 54.1 Å². The molecule has 0 aliphatic carbocycles. The lowest BCUT2D eigenvalue weighted by molar-refractivity contribution is -0.116. The van der Waals surface area contributed by atoms with Crippen LogP contribution in [0.25, 0.3) is 0 Å². The van der Waals surface area contributed by atoms with Crippen molar-refractivity contribution in [1.82, 2.24) is 0 Å². The number of anilines is 2. The molecule has 0 bridgehead atoms. The summed E-state index contributed by atoms with van der Waals surface area (Å²) in [7, 11) is 0. The highest BCUT2D eigenvalue weighted by atomic mass is 16.5. The van der Waals surface area contributed by atoms with E-state index in [1.165, 1.54) is 0 Å². The molecule has 0 radical (unpaired) electrons. The fourth-order valence-electron chi connectivity index (χ4n) is 2.35. The maximum absolute atomic E-state index is 12.3. The molecule has 0 atom stereocenters. The first-order valence-electron chi connectivity index (χ1n) is 8.92. The normalized spacial score (nSPS) is 10.5. The Balaban J connectivity index is 1.90. The van der Waals surface area contributed by atoms with Gasteiger partial charge in [0.2, 0.25) is 5.91 Å². The van der Waals surface area contributed by atoms with Crippen LogP contribution >= 0.6 is 0 Å². The number of nitrogens with one attached hydrogen (secondary N) is 2. The number of hydrogen-bond donors (Lipinski definition) is 2. The Hall–Kier alpha value is -2.82. The summed E-state index contributed by atoms with van der Waals surface area (Å²) in [6.07, 6.45) is 1.35. The average molecular weight is 354 g/mol. The molecule has 138 valence electrons. The molecule has 2 aromatic carbocycles. The molecule has 0 heterocycles. The van der Waals surface area contributed by atoms with Gasteiger partial charge in [0.15, 0.2) is 0 Å². The van der Waals surface area contributed by atoms with Crippen molar-refractivity contribution in [2.75, 3.05) is 17.2 Å². The van der Waals surface area contributed by atoms with E-state index in [1.807, 2.05) is 19.1 Å². The number of benzene rings is 2. The van der Waals surface area contributed by atoms with Crippen LogP contribution in [0, 0.1) is 5.92 Å². The second kappa shape index (κ2) is 9.61. The van der Waals surface area contributed by atoms with Crippen LogP contribution < -0.4 is 15.4 Å². The Kier molecular flexibility index (Phi) is 7.21. The van der Waals surface area contributed by atoms with Crippen LogP contribution in [0.1, 0.15) is 44.0 Å². The van der Waals surface area contributed by atoms with Gasteiger partial charge in [0.1, 0.15) is 5.75 Å². The number of rotatable bonds is 8. The van der Waals surface area contributed by atoms with E-state index in [2.05, 4.69) is 24.5 Å². The minimum Gasteiger partial charge on any atom is -0.494 e. The highest BCUT2D eigenvalue weighted by molar-refractivity contribution is 6.04. The fourth-order valence-corrected chi connectivity index (χ4v) is 2.35. The summed E-state index contributed by atoms with van der Waals surface area (Å²) in [4.78, 5) is 24.2. The second-order valence-corrected chi connectivity index (χ2v) is 6.47. The summed E-state index contributed by atoms with van der Waals surface area (Å²) in [6.45, 7) is 6.70. The molecule has 2 rings (SSSR count). The van der Waals surface area contributed by atoms with Crippen molar-refractivity contribution in [2.45, 2.75) is 33.6 Å². The van der Waals surface area contributed by atoms with Crippen molar-refractivity contribution in [1.29, 1.82) is 0 Å². The quantitative estimate of drug-likeness (QED) is 0.721. The summed E-state index contributed by atoms with van der Waals surface area (Å²) in [5, 5.41) is 5.69. The zero-order valence-corrected chi connectivity index (χ0v) is 15.5. The van der Waals surface area contributed by atoms with Crippen molar-refractivity contribution in [3.8, 4) is 5.75 Å². The number of hydrogen-bond acceptors (Lipinski definition) is 3. The number of ether oxygens (including phenoxy) is 1. The molecule has 26 heavy (non-hydrogen) atoms. The molecule has 0 saturated carbocycles. The molecule has 0 saturated heterocycles. The van der Waals surface area contributed by atoms with Crippen LogP contribution in [0.2, 0.25) is 0 Å². The molecule has 0 spiro atoms. The fraction of sp³-hybridized carbons (Fsp3) is 0.333. The molecule has 0 unspecified atom stereocenters. The van der Waals surface area contributed by atoms with Gasteiger partial charge in [-0.2, -0.15) is 0 Å². The standard InChI is InChI=1S/C21H26N2O3/c1-4-26-19-12-10-18(11-13-19)23-21(25)16-6-8-17(9-7-16)22-20(24)14-5-15(2)3/h6-13,15H,4-5,14H2,1-3H3,(H,22,24)(H,23,25). The van der Waals surface area contributed by atoms with E-state index in [9.17, 15) is 9.59 Å². The molecular weight excluding hydrogens is 328 g/mol. The van der Waals surface area contributed by atoms with E-state index in [0.29, 0.717) is 35.9 Å². The lowest BCUT2D eigenvalue weighted by Gasteiger charge is -2.09. The van der Waals surface area contributed by atoms with E-state index < -0.39 is 0 Å². The highest BCUT2D eigenvalue weighted by Gasteiger charge is 2.08. The van der Waals surface area contributed by atoms with Gasteiger partial charge in [0.05, 0.1) is 6.61 Å². The van der Waals surface area contributed by atoms with E-state index in [4.69, 9.17) is 4.74 Å².